The summed E-state index contributed by atoms with van der Waals surface area (Å²) in [4.78, 5) is 28.1. The van der Waals surface area contributed by atoms with Crippen molar-refractivity contribution in [2.24, 2.45) is 0 Å². The molecule has 3 amide bonds. The number of carbonyl (C=O) groups is 2. The van der Waals surface area contributed by atoms with Crippen LogP contribution in [-0.4, -0.2) is 29.6 Å². The number of nitrogens with one attached hydrogen (secondary N) is 3. The number of amides is 3. The van der Waals surface area contributed by atoms with E-state index in [1.807, 2.05) is 32.0 Å². The number of halogens is 1. The second kappa shape index (κ2) is 9.93. The van der Waals surface area contributed by atoms with E-state index in [2.05, 4.69) is 20.9 Å². The maximum Gasteiger partial charge on any atom is 0.319 e. The Morgan fingerprint density at radius 1 is 1.10 bits per heavy atom. The van der Waals surface area contributed by atoms with Gasteiger partial charge >= 0.3 is 6.03 Å². The quantitative estimate of drug-likeness (QED) is 0.530. The summed E-state index contributed by atoms with van der Waals surface area (Å²) < 4.78 is 5.63. The van der Waals surface area contributed by atoms with Crippen LogP contribution < -0.4 is 20.7 Å². The van der Waals surface area contributed by atoms with E-state index in [1.54, 1.807) is 36.5 Å². The number of benzene rings is 2. The molecule has 0 fully saturated rings. The lowest BCUT2D eigenvalue weighted by Crippen LogP contribution is -2.34. The monoisotopic (exact) mass is 426 g/mol. The van der Waals surface area contributed by atoms with E-state index in [0.29, 0.717) is 28.5 Å². The fourth-order valence-electron chi connectivity index (χ4n) is 2.76. The van der Waals surface area contributed by atoms with Crippen LogP contribution in [0.15, 0.2) is 54.7 Å². The van der Waals surface area contributed by atoms with Gasteiger partial charge in [0.05, 0.1) is 5.02 Å². The van der Waals surface area contributed by atoms with Gasteiger partial charge in [0.15, 0.2) is 6.61 Å². The van der Waals surface area contributed by atoms with Gasteiger partial charge in [0, 0.05) is 29.9 Å². The summed E-state index contributed by atoms with van der Waals surface area (Å²) >= 11 is 6.17. The molecule has 1 heterocycles. The standard InChI is InChI=1S/C22H23ClN4O3/c1-14(2)26-22(29)27-16-7-5-15(6-8-16)12-25-20(28)13-30-19-10-9-18(23)17-4-3-11-24-21(17)19/h3-11,14H,12-13H2,1-2H3,(H,25,28)(H2,26,27,29). The number of carbonyl (C=O) groups excluding carboxylic acids is 2. The van der Waals surface area contributed by atoms with Crippen LogP contribution in [0.4, 0.5) is 10.5 Å². The SMILES string of the molecule is CC(C)NC(=O)Nc1ccc(CNC(=O)COc2ccc(Cl)c3cccnc23)cc1. The van der Waals surface area contributed by atoms with Gasteiger partial charge in [-0.2, -0.15) is 0 Å². The third-order valence-electron chi connectivity index (χ3n) is 4.16. The number of hydrogen-bond donors (Lipinski definition) is 3. The van der Waals surface area contributed by atoms with Gasteiger partial charge in [0.1, 0.15) is 11.3 Å². The molecule has 156 valence electrons. The molecule has 8 heteroatoms. The van der Waals surface area contributed by atoms with Crippen molar-refractivity contribution in [2.45, 2.75) is 26.4 Å². The Morgan fingerprint density at radius 3 is 2.60 bits per heavy atom. The number of nitrogens with zero attached hydrogens (tertiary/aromatic N) is 1. The van der Waals surface area contributed by atoms with Gasteiger partial charge in [-0.1, -0.05) is 23.7 Å². The zero-order valence-electron chi connectivity index (χ0n) is 16.7. The van der Waals surface area contributed by atoms with Crippen molar-refractivity contribution < 1.29 is 14.3 Å². The summed E-state index contributed by atoms with van der Waals surface area (Å²) in [5.74, 6) is 0.243. The highest BCUT2D eigenvalue weighted by Crippen LogP contribution is 2.29. The van der Waals surface area contributed by atoms with Crippen LogP contribution in [0, 0.1) is 0 Å². The second-order valence-corrected chi connectivity index (χ2v) is 7.37. The molecule has 1 aromatic heterocycles. The predicted octanol–water partition coefficient (Wildman–Crippen LogP) is 4.11. The van der Waals surface area contributed by atoms with Crippen molar-refractivity contribution in [1.82, 2.24) is 15.6 Å². The molecular weight excluding hydrogens is 404 g/mol. The highest BCUT2D eigenvalue weighted by atomic mass is 35.5. The van der Waals surface area contributed by atoms with Crippen molar-refractivity contribution >= 4 is 40.1 Å². The minimum Gasteiger partial charge on any atom is -0.481 e. The molecule has 0 saturated heterocycles. The Bertz CT molecular complexity index is 1040. The number of urea groups is 1. The zero-order chi connectivity index (χ0) is 21.5. The summed E-state index contributed by atoms with van der Waals surface area (Å²) in [6.45, 7) is 3.99. The van der Waals surface area contributed by atoms with Gasteiger partial charge < -0.3 is 20.7 Å². The van der Waals surface area contributed by atoms with Crippen molar-refractivity contribution in [3.63, 3.8) is 0 Å². The average Bonchev–Trinajstić information content (AvgIpc) is 2.72. The second-order valence-electron chi connectivity index (χ2n) is 6.96. The lowest BCUT2D eigenvalue weighted by atomic mass is 10.2. The van der Waals surface area contributed by atoms with E-state index in [1.165, 1.54) is 0 Å². The van der Waals surface area contributed by atoms with E-state index < -0.39 is 0 Å². The van der Waals surface area contributed by atoms with Crippen molar-refractivity contribution in [2.75, 3.05) is 11.9 Å². The lowest BCUT2D eigenvalue weighted by Gasteiger charge is -2.11. The Balaban J connectivity index is 1.49. The topological polar surface area (TPSA) is 92.4 Å². The Labute approximate surface area is 179 Å². The molecule has 0 spiro atoms. The van der Waals surface area contributed by atoms with Gasteiger partial charge in [-0.05, 0) is 55.8 Å². The molecule has 3 rings (SSSR count). The van der Waals surface area contributed by atoms with E-state index in [4.69, 9.17) is 16.3 Å². The molecule has 30 heavy (non-hydrogen) atoms. The maximum absolute atomic E-state index is 12.2. The largest absolute Gasteiger partial charge is 0.481 e. The van der Waals surface area contributed by atoms with Gasteiger partial charge in [-0.15, -0.1) is 0 Å². The highest BCUT2D eigenvalue weighted by Gasteiger charge is 2.09. The molecule has 2 aromatic carbocycles. The van der Waals surface area contributed by atoms with Gasteiger partial charge in [0.25, 0.3) is 5.91 Å². The van der Waals surface area contributed by atoms with Crippen molar-refractivity contribution in [3.8, 4) is 5.75 Å². The van der Waals surface area contributed by atoms with Crippen molar-refractivity contribution in [1.29, 1.82) is 0 Å². The normalized spacial score (nSPS) is 10.7. The minimum absolute atomic E-state index is 0.0587. The highest BCUT2D eigenvalue weighted by molar-refractivity contribution is 6.35. The minimum atomic E-state index is -0.257. The number of aromatic nitrogens is 1. The maximum atomic E-state index is 12.2. The number of anilines is 1. The third-order valence-corrected chi connectivity index (χ3v) is 4.49. The van der Waals surface area contributed by atoms with Gasteiger partial charge in [-0.25, -0.2) is 4.79 Å². The van der Waals surface area contributed by atoms with Crippen LogP contribution in [0.2, 0.25) is 5.02 Å². The molecule has 0 aliphatic rings. The van der Waals surface area contributed by atoms with Gasteiger partial charge in [0.2, 0.25) is 0 Å². The average molecular weight is 427 g/mol. The lowest BCUT2D eigenvalue weighted by molar-refractivity contribution is -0.123. The number of pyridine rings is 1. The van der Waals surface area contributed by atoms with Crippen LogP contribution in [0.5, 0.6) is 5.75 Å². The molecule has 0 saturated carbocycles. The van der Waals surface area contributed by atoms with Crippen LogP contribution in [-0.2, 0) is 11.3 Å². The fraction of sp³-hybridized carbons (Fsp3) is 0.227. The van der Waals surface area contributed by atoms with E-state index in [9.17, 15) is 9.59 Å². The predicted molar refractivity (Wildman–Crippen MR) is 118 cm³/mol. The fourth-order valence-corrected chi connectivity index (χ4v) is 2.97. The van der Waals surface area contributed by atoms with E-state index in [-0.39, 0.29) is 24.6 Å². The Kier molecular flexibility index (Phi) is 7.08. The first-order valence-corrected chi connectivity index (χ1v) is 9.89. The van der Waals surface area contributed by atoms with Crippen LogP contribution in [0.25, 0.3) is 10.9 Å². The summed E-state index contributed by atoms with van der Waals surface area (Å²) in [7, 11) is 0. The van der Waals surface area contributed by atoms with Crippen LogP contribution in [0.3, 0.4) is 0 Å². The number of ether oxygens (including phenoxy) is 1. The zero-order valence-corrected chi connectivity index (χ0v) is 17.5. The van der Waals surface area contributed by atoms with E-state index >= 15 is 0 Å². The summed E-state index contributed by atoms with van der Waals surface area (Å²) in [5, 5.41) is 9.66. The molecule has 0 aliphatic heterocycles. The molecule has 0 bridgehead atoms. The first kappa shape index (κ1) is 21.4. The van der Waals surface area contributed by atoms with Crippen molar-refractivity contribution in [3.05, 3.63) is 65.3 Å². The molecular formula is C22H23ClN4O3. The first-order valence-electron chi connectivity index (χ1n) is 9.51. The number of fused-ring (bicyclic) bond motifs is 1. The van der Waals surface area contributed by atoms with Crippen LogP contribution in [0.1, 0.15) is 19.4 Å². The smallest absolute Gasteiger partial charge is 0.319 e. The Hall–Kier alpha value is -3.32. The molecule has 0 unspecified atom stereocenters. The first-order chi connectivity index (χ1) is 14.4. The Morgan fingerprint density at radius 2 is 1.87 bits per heavy atom. The van der Waals surface area contributed by atoms with Gasteiger partial charge in [-0.3, -0.25) is 9.78 Å². The molecule has 0 aliphatic carbocycles. The molecule has 0 atom stereocenters. The summed E-state index contributed by atoms with van der Waals surface area (Å²) in [5.41, 5.74) is 2.19. The summed E-state index contributed by atoms with van der Waals surface area (Å²) in [6.07, 6.45) is 1.65. The van der Waals surface area contributed by atoms with E-state index in [0.717, 1.165) is 10.9 Å². The number of hydrogen-bond acceptors (Lipinski definition) is 4. The number of rotatable bonds is 7. The summed E-state index contributed by atoms with van der Waals surface area (Å²) in [6, 6.07) is 14.1. The molecule has 3 N–H and O–H groups in total. The molecule has 7 nitrogen and oxygen atoms in total. The van der Waals surface area contributed by atoms with Crippen LogP contribution >= 0.6 is 11.6 Å². The molecule has 3 aromatic rings. The third kappa shape index (κ3) is 5.84. The molecule has 0 radical (unpaired) electrons.